The predicted molar refractivity (Wildman–Crippen MR) is 109 cm³/mol. The van der Waals surface area contributed by atoms with Crippen LogP contribution in [0.5, 0.6) is 0 Å². The van der Waals surface area contributed by atoms with Crippen LogP contribution in [-0.2, 0) is 11.3 Å². The van der Waals surface area contributed by atoms with Gasteiger partial charge >= 0.3 is 0 Å². The van der Waals surface area contributed by atoms with Crippen molar-refractivity contribution in [3.8, 4) is 0 Å². The summed E-state index contributed by atoms with van der Waals surface area (Å²) in [7, 11) is 1.89. The molecule has 0 N–H and O–H groups in total. The number of amides is 1. The molecule has 25 heavy (non-hydrogen) atoms. The molecule has 0 radical (unpaired) electrons. The number of carbonyl (C=O) groups is 1. The lowest BCUT2D eigenvalue weighted by Gasteiger charge is -2.20. The van der Waals surface area contributed by atoms with Gasteiger partial charge in [-0.05, 0) is 74.9 Å². The Kier molecular flexibility index (Phi) is 6.34. The van der Waals surface area contributed by atoms with E-state index >= 15 is 0 Å². The van der Waals surface area contributed by atoms with Crippen LogP contribution in [0.2, 0.25) is 0 Å². The summed E-state index contributed by atoms with van der Waals surface area (Å²) in [5.74, 6) is 0.648. The van der Waals surface area contributed by atoms with Crippen LogP contribution >= 0.6 is 11.8 Å². The Balaban J connectivity index is 2.05. The predicted octanol–water partition coefficient (Wildman–Crippen LogP) is 5.29. The van der Waals surface area contributed by atoms with Crippen molar-refractivity contribution in [2.24, 2.45) is 0 Å². The van der Waals surface area contributed by atoms with Gasteiger partial charge in [0.25, 0.3) is 0 Å². The third kappa shape index (κ3) is 4.66. The molecule has 3 heteroatoms. The number of hydrogen-bond acceptors (Lipinski definition) is 2. The molecule has 2 rings (SSSR count). The molecule has 0 bridgehead atoms. The normalized spacial score (nSPS) is 10.8. The monoisotopic (exact) mass is 355 g/mol. The molecular weight excluding hydrogens is 326 g/mol. The molecule has 2 aromatic carbocycles. The average molecular weight is 356 g/mol. The molecule has 0 atom stereocenters. The fraction of sp³-hybridized carbons (Fsp3) is 0.409. The van der Waals surface area contributed by atoms with Crippen LogP contribution in [0.25, 0.3) is 0 Å². The standard InChI is InChI=1S/C22H29NOS/c1-14-8-9-20(17(4)10-14)12-23(7)21(24)13-25-22-18(5)15(2)11-16(3)19(22)6/h8-11H,12-13H2,1-7H3. The van der Waals surface area contributed by atoms with Crippen molar-refractivity contribution in [3.05, 3.63) is 63.2 Å². The molecular formula is C22H29NOS. The van der Waals surface area contributed by atoms with E-state index in [4.69, 9.17) is 0 Å². The summed E-state index contributed by atoms with van der Waals surface area (Å²) in [6.45, 7) is 13.4. The van der Waals surface area contributed by atoms with Crippen molar-refractivity contribution in [2.75, 3.05) is 12.8 Å². The van der Waals surface area contributed by atoms with Gasteiger partial charge in [-0.2, -0.15) is 0 Å². The highest BCUT2D eigenvalue weighted by Crippen LogP contribution is 2.31. The van der Waals surface area contributed by atoms with E-state index < -0.39 is 0 Å². The van der Waals surface area contributed by atoms with E-state index in [1.54, 1.807) is 11.8 Å². The smallest absolute Gasteiger partial charge is 0.232 e. The number of benzene rings is 2. The fourth-order valence-electron chi connectivity index (χ4n) is 3.01. The van der Waals surface area contributed by atoms with Gasteiger partial charge in [0, 0.05) is 18.5 Å². The van der Waals surface area contributed by atoms with Gasteiger partial charge in [0.05, 0.1) is 5.75 Å². The van der Waals surface area contributed by atoms with Gasteiger partial charge in [0.15, 0.2) is 0 Å². The number of aryl methyl sites for hydroxylation is 4. The van der Waals surface area contributed by atoms with Crippen molar-refractivity contribution in [3.63, 3.8) is 0 Å². The Morgan fingerprint density at radius 1 is 0.920 bits per heavy atom. The first-order chi connectivity index (χ1) is 11.7. The number of rotatable bonds is 5. The Hall–Kier alpha value is -1.74. The summed E-state index contributed by atoms with van der Waals surface area (Å²) in [5.41, 5.74) is 8.88. The zero-order valence-corrected chi connectivity index (χ0v) is 17.3. The van der Waals surface area contributed by atoms with Gasteiger partial charge in [0.2, 0.25) is 5.91 Å². The molecule has 0 spiro atoms. The topological polar surface area (TPSA) is 20.3 Å². The van der Waals surface area contributed by atoms with Crippen molar-refractivity contribution < 1.29 is 4.79 Å². The molecule has 134 valence electrons. The summed E-state index contributed by atoms with van der Waals surface area (Å²) in [5, 5.41) is 0. The highest BCUT2D eigenvalue weighted by molar-refractivity contribution is 8.00. The molecule has 0 aromatic heterocycles. The Morgan fingerprint density at radius 3 is 2.08 bits per heavy atom. The first kappa shape index (κ1) is 19.6. The highest BCUT2D eigenvalue weighted by atomic mass is 32.2. The first-order valence-corrected chi connectivity index (χ1v) is 9.69. The second kappa shape index (κ2) is 8.09. The quantitative estimate of drug-likeness (QED) is 0.679. The van der Waals surface area contributed by atoms with Crippen LogP contribution in [0.3, 0.4) is 0 Å². The van der Waals surface area contributed by atoms with Gasteiger partial charge < -0.3 is 4.90 Å². The highest BCUT2D eigenvalue weighted by Gasteiger charge is 2.14. The summed E-state index contributed by atoms with van der Waals surface area (Å²) < 4.78 is 0. The summed E-state index contributed by atoms with van der Waals surface area (Å²) in [4.78, 5) is 15.7. The van der Waals surface area contributed by atoms with Gasteiger partial charge in [-0.25, -0.2) is 0 Å². The Bertz CT molecular complexity index is 769. The molecule has 0 aliphatic heterocycles. The lowest BCUT2D eigenvalue weighted by atomic mass is 10.0. The minimum atomic E-state index is 0.169. The van der Waals surface area contributed by atoms with Crippen molar-refractivity contribution >= 4 is 17.7 Å². The van der Waals surface area contributed by atoms with Gasteiger partial charge in [-0.3, -0.25) is 4.79 Å². The number of nitrogens with zero attached hydrogens (tertiary/aromatic N) is 1. The second-order valence-electron chi connectivity index (χ2n) is 7.06. The van der Waals surface area contributed by atoms with Crippen LogP contribution in [0.4, 0.5) is 0 Å². The van der Waals surface area contributed by atoms with E-state index in [0.717, 1.165) is 0 Å². The maximum atomic E-state index is 12.6. The Labute approximate surface area is 156 Å². The summed E-state index contributed by atoms with van der Waals surface area (Å²) in [6.07, 6.45) is 0. The second-order valence-corrected chi connectivity index (χ2v) is 8.04. The van der Waals surface area contributed by atoms with Gasteiger partial charge in [0.1, 0.15) is 0 Å². The van der Waals surface area contributed by atoms with Crippen LogP contribution in [0, 0.1) is 41.5 Å². The lowest BCUT2D eigenvalue weighted by molar-refractivity contribution is -0.127. The average Bonchev–Trinajstić information content (AvgIpc) is 2.55. The fourth-order valence-corrected chi connectivity index (χ4v) is 4.25. The summed E-state index contributed by atoms with van der Waals surface area (Å²) >= 11 is 1.66. The van der Waals surface area contributed by atoms with Crippen LogP contribution in [-0.4, -0.2) is 23.6 Å². The molecule has 0 aliphatic rings. The van der Waals surface area contributed by atoms with Crippen LogP contribution in [0.1, 0.15) is 38.9 Å². The van der Waals surface area contributed by atoms with Gasteiger partial charge in [-0.15, -0.1) is 11.8 Å². The molecule has 0 saturated heterocycles. The van der Waals surface area contributed by atoms with Gasteiger partial charge in [-0.1, -0.05) is 29.8 Å². The molecule has 0 unspecified atom stereocenters. The van der Waals surface area contributed by atoms with E-state index in [9.17, 15) is 4.79 Å². The number of thioether (sulfide) groups is 1. The van der Waals surface area contributed by atoms with Crippen LogP contribution < -0.4 is 0 Å². The Morgan fingerprint density at radius 2 is 1.52 bits per heavy atom. The molecule has 2 nitrogen and oxygen atoms in total. The van der Waals surface area contributed by atoms with E-state index in [1.165, 1.54) is 43.8 Å². The van der Waals surface area contributed by atoms with Crippen molar-refractivity contribution in [1.29, 1.82) is 0 Å². The molecule has 2 aromatic rings. The minimum absolute atomic E-state index is 0.169. The molecule has 1 amide bonds. The van der Waals surface area contributed by atoms with E-state index in [0.29, 0.717) is 12.3 Å². The zero-order chi connectivity index (χ0) is 18.7. The molecule has 0 aliphatic carbocycles. The maximum Gasteiger partial charge on any atom is 0.232 e. The van der Waals surface area contributed by atoms with Crippen LogP contribution in [0.15, 0.2) is 29.2 Å². The maximum absolute atomic E-state index is 12.6. The zero-order valence-electron chi connectivity index (χ0n) is 16.5. The SMILES string of the molecule is Cc1ccc(CN(C)C(=O)CSc2c(C)c(C)cc(C)c2C)c(C)c1. The third-order valence-corrected chi connectivity index (χ3v) is 6.26. The van der Waals surface area contributed by atoms with E-state index in [2.05, 4.69) is 65.8 Å². The van der Waals surface area contributed by atoms with Crippen molar-refractivity contribution in [2.45, 2.75) is 53.0 Å². The lowest BCUT2D eigenvalue weighted by Crippen LogP contribution is -2.28. The number of hydrogen-bond donors (Lipinski definition) is 0. The molecule has 0 saturated carbocycles. The largest absolute Gasteiger partial charge is 0.341 e. The minimum Gasteiger partial charge on any atom is -0.341 e. The first-order valence-electron chi connectivity index (χ1n) is 8.71. The molecule has 0 fully saturated rings. The van der Waals surface area contributed by atoms with E-state index in [1.807, 2.05) is 11.9 Å². The molecule has 0 heterocycles. The van der Waals surface area contributed by atoms with Crippen molar-refractivity contribution in [1.82, 2.24) is 4.90 Å². The third-order valence-electron chi connectivity index (χ3n) is 4.97. The summed E-state index contributed by atoms with van der Waals surface area (Å²) in [6, 6.07) is 8.63. The van der Waals surface area contributed by atoms with E-state index in [-0.39, 0.29) is 5.91 Å². The number of carbonyl (C=O) groups excluding carboxylic acids is 1.